The Labute approximate surface area is 124 Å². The van der Waals surface area contributed by atoms with Gasteiger partial charge < -0.3 is 4.74 Å². The van der Waals surface area contributed by atoms with E-state index in [1.54, 1.807) is 0 Å². The molecule has 0 unspecified atom stereocenters. The van der Waals surface area contributed by atoms with E-state index in [9.17, 15) is 8.42 Å². The fraction of sp³-hybridized carbons (Fsp3) is 0.571. The third-order valence-corrected chi connectivity index (χ3v) is 5.07. The number of benzene rings is 1. The van der Waals surface area contributed by atoms with Gasteiger partial charge in [0.2, 0.25) is 0 Å². The first-order valence-corrected chi connectivity index (χ1v) is 9.10. The van der Waals surface area contributed by atoms with Crippen LogP contribution >= 0.6 is 15.9 Å². The molecule has 0 N–H and O–H groups in total. The molecule has 0 aromatic heterocycles. The molecule has 1 aromatic rings. The maximum atomic E-state index is 11.6. The smallest absolute Gasteiger partial charge is 0.153 e. The molecule has 0 bridgehead atoms. The van der Waals surface area contributed by atoms with Crippen molar-refractivity contribution in [3.8, 4) is 5.75 Å². The molecule has 0 spiro atoms. The van der Waals surface area contributed by atoms with Gasteiger partial charge in [-0.25, -0.2) is 8.42 Å². The predicted molar refractivity (Wildman–Crippen MR) is 82.7 cm³/mol. The highest BCUT2D eigenvalue weighted by Gasteiger charge is 2.12. The molecule has 5 heteroatoms. The minimum Gasteiger partial charge on any atom is -0.492 e. The second-order valence-electron chi connectivity index (χ2n) is 4.84. The SMILES string of the molecule is CCCS(=O)(=O)CCOc1ccc(Br)cc1C(C)C. The lowest BCUT2D eigenvalue weighted by Gasteiger charge is -2.14. The molecule has 0 heterocycles. The fourth-order valence-corrected chi connectivity index (χ4v) is 3.34. The van der Waals surface area contributed by atoms with Gasteiger partial charge in [-0.2, -0.15) is 0 Å². The molecule has 0 aliphatic heterocycles. The van der Waals surface area contributed by atoms with Crippen molar-refractivity contribution in [1.82, 2.24) is 0 Å². The van der Waals surface area contributed by atoms with Crippen LogP contribution in [0, 0.1) is 0 Å². The zero-order chi connectivity index (χ0) is 14.5. The zero-order valence-corrected chi connectivity index (χ0v) is 14.1. The van der Waals surface area contributed by atoms with Gasteiger partial charge >= 0.3 is 0 Å². The molecule has 0 saturated heterocycles. The van der Waals surface area contributed by atoms with Crippen LogP contribution in [0.4, 0.5) is 0 Å². The summed E-state index contributed by atoms with van der Waals surface area (Å²) in [5.74, 6) is 1.41. The van der Waals surface area contributed by atoms with Crippen molar-refractivity contribution in [2.24, 2.45) is 0 Å². The van der Waals surface area contributed by atoms with E-state index < -0.39 is 9.84 Å². The van der Waals surface area contributed by atoms with Crippen molar-refractivity contribution < 1.29 is 13.2 Å². The molecular weight excluding hydrogens is 328 g/mol. The molecule has 0 atom stereocenters. The van der Waals surface area contributed by atoms with E-state index in [0.29, 0.717) is 12.3 Å². The van der Waals surface area contributed by atoms with Gasteiger partial charge in [-0.3, -0.25) is 0 Å². The summed E-state index contributed by atoms with van der Waals surface area (Å²) in [7, 11) is -2.98. The Morgan fingerprint density at radius 3 is 2.53 bits per heavy atom. The van der Waals surface area contributed by atoms with Crippen LogP contribution < -0.4 is 4.74 Å². The average Bonchev–Trinajstić information content (AvgIpc) is 2.30. The summed E-state index contributed by atoms with van der Waals surface area (Å²) in [6.07, 6.45) is 0.651. The molecule has 108 valence electrons. The van der Waals surface area contributed by atoms with Crippen LogP contribution in [0.2, 0.25) is 0 Å². The van der Waals surface area contributed by atoms with E-state index in [1.165, 1.54) is 0 Å². The lowest BCUT2D eigenvalue weighted by molar-refractivity contribution is 0.336. The predicted octanol–water partition coefficient (Wildman–Crippen LogP) is 3.78. The Kier molecular flexibility index (Phi) is 6.33. The van der Waals surface area contributed by atoms with Gasteiger partial charge in [0.1, 0.15) is 12.4 Å². The van der Waals surface area contributed by atoms with Gasteiger partial charge in [-0.15, -0.1) is 0 Å². The minimum absolute atomic E-state index is 0.0778. The molecule has 1 rings (SSSR count). The van der Waals surface area contributed by atoms with Crippen LogP contribution in [0.1, 0.15) is 38.7 Å². The highest BCUT2D eigenvalue weighted by atomic mass is 79.9. The number of hydrogen-bond acceptors (Lipinski definition) is 3. The van der Waals surface area contributed by atoms with Gasteiger partial charge in [-0.05, 0) is 36.1 Å². The largest absolute Gasteiger partial charge is 0.492 e. The van der Waals surface area contributed by atoms with Crippen molar-refractivity contribution in [1.29, 1.82) is 0 Å². The van der Waals surface area contributed by atoms with Gasteiger partial charge in [0.05, 0.1) is 11.5 Å². The Bertz CT molecular complexity index is 509. The summed E-state index contributed by atoms with van der Waals surface area (Å²) in [6.45, 7) is 6.25. The first kappa shape index (κ1) is 16.5. The molecular formula is C14H21BrO3S. The van der Waals surface area contributed by atoms with Crippen molar-refractivity contribution >= 4 is 25.8 Å². The summed E-state index contributed by atoms with van der Waals surface area (Å²) in [6, 6.07) is 5.80. The molecule has 19 heavy (non-hydrogen) atoms. The monoisotopic (exact) mass is 348 g/mol. The highest BCUT2D eigenvalue weighted by molar-refractivity contribution is 9.10. The van der Waals surface area contributed by atoms with E-state index in [1.807, 2.05) is 25.1 Å². The van der Waals surface area contributed by atoms with Gasteiger partial charge in [0, 0.05) is 4.47 Å². The average molecular weight is 349 g/mol. The second kappa shape index (κ2) is 7.29. The van der Waals surface area contributed by atoms with Gasteiger partial charge in [-0.1, -0.05) is 36.7 Å². The van der Waals surface area contributed by atoms with Crippen LogP contribution in [-0.2, 0) is 9.84 Å². The summed E-state index contributed by atoms with van der Waals surface area (Å²) in [4.78, 5) is 0. The summed E-state index contributed by atoms with van der Waals surface area (Å²) >= 11 is 3.43. The topological polar surface area (TPSA) is 43.4 Å². The van der Waals surface area contributed by atoms with E-state index in [2.05, 4.69) is 29.8 Å². The van der Waals surface area contributed by atoms with Crippen molar-refractivity contribution in [3.05, 3.63) is 28.2 Å². The van der Waals surface area contributed by atoms with Crippen LogP contribution in [-0.4, -0.2) is 26.5 Å². The lowest BCUT2D eigenvalue weighted by atomic mass is 10.0. The second-order valence-corrected chi connectivity index (χ2v) is 8.06. The molecule has 0 aliphatic carbocycles. The molecule has 0 amide bonds. The Morgan fingerprint density at radius 2 is 1.95 bits per heavy atom. The molecule has 0 aliphatic rings. The summed E-state index contributed by atoms with van der Waals surface area (Å²) in [5.41, 5.74) is 1.09. The van der Waals surface area contributed by atoms with Crippen molar-refractivity contribution in [2.45, 2.75) is 33.1 Å². The normalized spacial score (nSPS) is 11.8. The Balaban J connectivity index is 2.68. The van der Waals surface area contributed by atoms with E-state index in [0.717, 1.165) is 15.8 Å². The van der Waals surface area contributed by atoms with Crippen LogP contribution in [0.25, 0.3) is 0 Å². The molecule has 0 fully saturated rings. The first-order chi connectivity index (χ1) is 8.85. The number of ether oxygens (including phenoxy) is 1. The minimum atomic E-state index is -2.98. The van der Waals surface area contributed by atoms with E-state index >= 15 is 0 Å². The maximum absolute atomic E-state index is 11.6. The quantitative estimate of drug-likeness (QED) is 0.753. The van der Waals surface area contributed by atoms with Crippen molar-refractivity contribution in [3.63, 3.8) is 0 Å². The summed E-state index contributed by atoms with van der Waals surface area (Å²) in [5, 5.41) is 0. The van der Waals surface area contributed by atoms with E-state index in [4.69, 9.17) is 4.74 Å². The maximum Gasteiger partial charge on any atom is 0.153 e. The molecule has 3 nitrogen and oxygen atoms in total. The number of hydrogen-bond donors (Lipinski definition) is 0. The number of rotatable bonds is 7. The summed E-state index contributed by atoms with van der Waals surface area (Å²) < 4.78 is 29.8. The lowest BCUT2D eigenvalue weighted by Crippen LogP contribution is -2.17. The Hall–Kier alpha value is -0.550. The zero-order valence-electron chi connectivity index (χ0n) is 11.6. The number of sulfone groups is 1. The van der Waals surface area contributed by atoms with Crippen LogP contribution in [0.3, 0.4) is 0 Å². The first-order valence-electron chi connectivity index (χ1n) is 6.48. The van der Waals surface area contributed by atoms with Crippen molar-refractivity contribution in [2.75, 3.05) is 18.1 Å². The molecule has 0 radical (unpaired) electrons. The van der Waals surface area contributed by atoms with Crippen LogP contribution in [0.15, 0.2) is 22.7 Å². The highest BCUT2D eigenvalue weighted by Crippen LogP contribution is 2.29. The van der Waals surface area contributed by atoms with Gasteiger partial charge in [0.15, 0.2) is 9.84 Å². The standard InChI is InChI=1S/C14H21BrO3S/c1-4-8-19(16,17)9-7-18-14-6-5-12(15)10-13(14)11(2)3/h5-6,10-11H,4,7-9H2,1-3H3. The molecule has 0 saturated carbocycles. The fourth-order valence-electron chi connectivity index (χ4n) is 1.79. The van der Waals surface area contributed by atoms with E-state index in [-0.39, 0.29) is 18.1 Å². The van der Waals surface area contributed by atoms with Crippen LogP contribution in [0.5, 0.6) is 5.75 Å². The molecule has 1 aromatic carbocycles. The van der Waals surface area contributed by atoms with Gasteiger partial charge in [0.25, 0.3) is 0 Å². The Morgan fingerprint density at radius 1 is 1.26 bits per heavy atom. The third kappa shape index (κ3) is 5.53. The third-order valence-electron chi connectivity index (χ3n) is 2.76. The number of halogens is 1.